The van der Waals surface area contributed by atoms with Crippen LogP contribution in [-0.2, 0) is 14.3 Å². The molecule has 0 aliphatic heterocycles. The van der Waals surface area contributed by atoms with E-state index in [9.17, 15) is 19.5 Å². The number of nitrogens with one attached hydrogen (secondary N) is 2. The lowest BCUT2D eigenvalue weighted by molar-refractivity contribution is -0.137. The molecule has 1 aliphatic carbocycles. The fraction of sp³-hybridized carbons (Fsp3) is 0.423. The van der Waals surface area contributed by atoms with E-state index in [0.29, 0.717) is 12.8 Å². The number of aliphatic carboxylic acids is 1. The average molecular weight is 469 g/mol. The van der Waals surface area contributed by atoms with Crippen molar-refractivity contribution in [2.45, 2.75) is 57.0 Å². The van der Waals surface area contributed by atoms with Gasteiger partial charge in [-0.15, -0.1) is 0 Å². The van der Waals surface area contributed by atoms with Crippen LogP contribution in [0.1, 0.15) is 56.6 Å². The maximum Gasteiger partial charge on any atom is 0.407 e. The molecule has 8 nitrogen and oxygen atoms in total. The highest BCUT2D eigenvalue weighted by molar-refractivity contribution is 5.87. The Morgan fingerprint density at radius 1 is 1.00 bits per heavy atom. The Kier molecular flexibility index (Phi) is 8.28. The van der Waals surface area contributed by atoms with Crippen molar-refractivity contribution in [1.82, 2.24) is 10.6 Å². The predicted octanol–water partition coefficient (Wildman–Crippen LogP) is 3.43. The summed E-state index contributed by atoms with van der Waals surface area (Å²) < 4.78 is 5.51. The summed E-state index contributed by atoms with van der Waals surface area (Å²) in [5.41, 5.74) is 3.50. The highest BCUT2D eigenvalue weighted by Gasteiger charge is 2.33. The van der Waals surface area contributed by atoms with Gasteiger partial charge in [-0.1, -0.05) is 62.4 Å². The highest BCUT2D eigenvalue weighted by atomic mass is 16.5. The van der Waals surface area contributed by atoms with E-state index >= 15 is 0 Å². The van der Waals surface area contributed by atoms with Gasteiger partial charge in [-0.25, -0.2) is 4.79 Å². The minimum atomic E-state index is -1.10. The summed E-state index contributed by atoms with van der Waals surface area (Å²) in [5.74, 6) is -1.76. The normalized spacial score (nSPS) is 13.5. The van der Waals surface area contributed by atoms with Crippen molar-refractivity contribution >= 4 is 18.0 Å². The van der Waals surface area contributed by atoms with E-state index in [2.05, 4.69) is 10.6 Å². The van der Waals surface area contributed by atoms with E-state index in [1.54, 1.807) is 0 Å². The van der Waals surface area contributed by atoms with E-state index in [-0.39, 0.29) is 32.0 Å². The van der Waals surface area contributed by atoms with Crippen molar-refractivity contribution < 1.29 is 29.3 Å². The molecule has 2 aromatic rings. The number of amides is 2. The van der Waals surface area contributed by atoms with Gasteiger partial charge in [0, 0.05) is 12.3 Å². The summed E-state index contributed by atoms with van der Waals surface area (Å²) in [6.45, 7) is 3.50. The molecule has 0 saturated heterocycles. The first-order valence-electron chi connectivity index (χ1n) is 11.6. The lowest BCUT2D eigenvalue weighted by atomic mass is 9.93. The third-order valence-corrected chi connectivity index (χ3v) is 6.64. The third-order valence-electron chi connectivity index (χ3n) is 6.64. The summed E-state index contributed by atoms with van der Waals surface area (Å²) in [5, 5.41) is 24.1. The average Bonchev–Trinajstić information content (AvgIpc) is 3.17. The number of carbonyl (C=O) groups is 3. The van der Waals surface area contributed by atoms with Crippen LogP contribution in [0.15, 0.2) is 48.5 Å². The number of carbonyl (C=O) groups excluding carboxylic acids is 2. The topological polar surface area (TPSA) is 125 Å². The van der Waals surface area contributed by atoms with Gasteiger partial charge in [0.05, 0.1) is 12.1 Å². The van der Waals surface area contributed by atoms with Gasteiger partial charge in [0.15, 0.2) is 0 Å². The van der Waals surface area contributed by atoms with Gasteiger partial charge >= 0.3 is 12.1 Å². The smallest absolute Gasteiger partial charge is 0.407 e. The number of benzene rings is 2. The van der Waals surface area contributed by atoms with Crippen molar-refractivity contribution in [2.75, 3.05) is 13.2 Å². The molecule has 8 heteroatoms. The predicted molar refractivity (Wildman–Crippen MR) is 127 cm³/mol. The van der Waals surface area contributed by atoms with Gasteiger partial charge in [0.2, 0.25) is 5.91 Å². The summed E-state index contributed by atoms with van der Waals surface area (Å²) in [6, 6.07) is 14.8. The number of alkyl carbamates (subject to hydrolysis) is 1. The highest BCUT2D eigenvalue weighted by Crippen LogP contribution is 2.44. The Morgan fingerprint density at radius 2 is 1.56 bits per heavy atom. The number of fused-ring (bicyclic) bond motifs is 3. The molecule has 0 radical (unpaired) electrons. The van der Waals surface area contributed by atoms with Crippen LogP contribution in [0.4, 0.5) is 4.79 Å². The van der Waals surface area contributed by atoms with Crippen LogP contribution in [0.5, 0.6) is 0 Å². The molecule has 0 heterocycles. The number of carboxylic acid groups (broad SMARTS) is 1. The maximum atomic E-state index is 12.9. The quantitative estimate of drug-likeness (QED) is 0.400. The standard InChI is InChI=1S/C26H32N2O6/c1-3-26(4-2,16-29)28-24(32)22(13-14-23(30)31)27-25(33)34-15-21-19-11-7-5-9-17(19)18-10-6-8-12-20(18)21/h5-12,21-22,29H,3-4,13-16H2,1-2H3,(H,27,33)(H,28,32)(H,30,31). The van der Waals surface area contributed by atoms with Crippen LogP contribution in [0.25, 0.3) is 11.1 Å². The van der Waals surface area contributed by atoms with Crippen LogP contribution >= 0.6 is 0 Å². The second-order valence-corrected chi connectivity index (χ2v) is 8.59. The number of carboxylic acids is 1. The molecule has 0 saturated carbocycles. The van der Waals surface area contributed by atoms with Gasteiger partial charge in [-0.2, -0.15) is 0 Å². The zero-order valence-corrected chi connectivity index (χ0v) is 19.5. The van der Waals surface area contributed by atoms with E-state index in [4.69, 9.17) is 9.84 Å². The van der Waals surface area contributed by atoms with E-state index in [1.165, 1.54) is 0 Å². The molecule has 3 rings (SSSR count). The molecule has 1 atom stereocenters. The van der Waals surface area contributed by atoms with Crippen molar-refractivity contribution in [2.24, 2.45) is 0 Å². The maximum absolute atomic E-state index is 12.9. The van der Waals surface area contributed by atoms with Gasteiger partial charge in [0.1, 0.15) is 12.6 Å². The lowest BCUT2D eigenvalue weighted by Crippen LogP contribution is -2.57. The van der Waals surface area contributed by atoms with Crippen LogP contribution in [0.3, 0.4) is 0 Å². The van der Waals surface area contributed by atoms with Crippen molar-refractivity contribution in [3.05, 3.63) is 59.7 Å². The lowest BCUT2D eigenvalue weighted by Gasteiger charge is -2.32. The summed E-state index contributed by atoms with van der Waals surface area (Å²) in [6.07, 6.45) is -0.216. The SMILES string of the molecule is CCC(CC)(CO)NC(=O)C(CCC(=O)O)NC(=O)OCC1c2ccccc2-c2ccccc21. The zero-order chi connectivity index (χ0) is 24.7. The number of hydrogen-bond donors (Lipinski definition) is 4. The molecule has 0 fully saturated rings. The molecule has 0 aromatic heterocycles. The largest absolute Gasteiger partial charge is 0.481 e. The van der Waals surface area contributed by atoms with Crippen molar-refractivity contribution in [1.29, 1.82) is 0 Å². The van der Waals surface area contributed by atoms with Crippen LogP contribution < -0.4 is 10.6 Å². The second kappa shape index (κ2) is 11.2. The third kappa shape index (κ3) is 5.56. The fourth-order valence-electron chi connectivity index (χ4n) is 4.36. The van der Waals surface area contributed by atoms with E-state index in [1.807, 2.05) is 62.4 Å². The molecule has 182 valence electrons. The van der Waals surface area contributed by atoms with Crippen LogP contribution in [0, 0.1) is 0 Å². The van der Waals surface area contributed by atoms with Gasteiger partial charge < -0.3 is 25.6 Å². The zero-order valence-electron chi connectivity index (χ0n) is 19.5. The molecular weight excluding hydrogens is 436 g/mol. The number of aliphatic hydroxyl groups excluding tert-OH is 1. The van der Waals surface area contributed by atoms with E-state index < -0.39 is 29.6 Å². The molecule has 2 aromatic carbocycles. The number of aliphatic hydroxyl groups is 1. The Labute approximate surface area is 199 Å². The van der Waals surface area contributed by atoms with Crippen molar-refractivity contribution in [3.63, 3.8) is 0 Å². The first-order chi connectivity index (χ1) is 16.3. The van der Waals surface area contributed by atoms with Gasteiger partial charge in [0.25, 0.3) is 0 Å². The fourth-order valence-corrected chi connectivity index (χ4v) is 4.36. The van der Waals surface area contributed by atoms with Crippen molar-refractivity contribution in [3.8, 4) is 11.1 Å². The number of rotatable bonds is 11. The summed E-state index contributed by atoms with van der Waals surface area (Å²) in [4.78, 5) is 36.6. The molecule has 0 bridgehead atoms. The molecule has 2 amide bonds. The first kappa shape index (κ1) is 25.2. The first-order valence-corrected chi connectivity index (χ1v) is 11.6. The Bertz CT molecular complexity index is 980. The summed E-state index contributed by atoms with van der Waals surface area (Å²) >= 11 is 0. The number of ether oxygens (including phenoxy) is 1. The van der Waals surface area contributed by atoms with Gasteiger partial charge in [-0.3, -0.25) is 9.59 Å². The molecule has 1 unspecified atom stereocenters. The Morgan fingerprint density at radius 3 is 2.06 bits per heavy atom. The van der Waals surface area contributed by atoms with Gasteiger partial charge in [-0.05, 0) is 41.5 Å². The molecule has 34 heavy (non-hydrogen) atoms. The second-order valence-electron chi connectivity index (χ2n) is 8.59. The molecular formula is C26H32N2O6. The minimum absolute atomic E-state index is 0.0810. The Balaban J connectivity index is 1.69. The summed E-state index contributed by atoms with van der Waals surface area (Å²) in [7, 11) is 0. The molecule has 0 spiro atoms. The monoisotopic (exact) mass is 468 g/mol. The van der Waals surface area contributed by atoms with Crippen LogP contribution in [0.2, 0.25) is 0 Å². The Hall–Kier alpha value is -3.39. The molecule has 1 aliphatic rings. The number of hydrogen-bond acceptors (Lipinski definition) is 5. The minimum Gasteiger partial charge on any atom is -0.481 e. The van der Waals surface area contributed by atoms with E-state index in [0.717, 1.165) is 22.3 Å². The van der Waals surface area contributed by atoms with Crippen LogP contribution in [-0.4, -0.2) is 53.0 Å². The molecule has 4 N–H and O–H groups in total.